The molecule has 2 aromatic rings. The van der Waals surface area contributed by atoms with Gasteiger partial charge in [0.05, 0.1) is 0 Å². The zero-order chi connectivity index (χ0) is 13.1. The summed E-state index contributed by atoms with van der Waals surface area (Å²) in [5.74, 6) is 1.57. The van der Waals surface area contributed by atoms with Crippen LogP contribution in [0.3, 0.4) is 0 Å². The number of halogens is 1. The fourth-order valence-electron chi connectivity index (χ4n) is 2.58. The number of alkyl halides is 1. The Morgan fingerprint density at radius 2 is 1.95 bits per heavy atom. The summed E-state index contributed by atoms with van der Waals surface area (Å²) in [5, 5.41) is 0. The molecule has 19 heavy (non-hydrogen) atoms. The number of aromatic nitrogens is 1. The lowest BCUT2D eigenvalue weighted by Crippen LogP contribution is -2.23. The number of hydrogen-bond acceptors (Lipinski definition) is 2. The van der Waals surface area contributed by atoms with Crippen LogP contribution in [0.15, 0.2) is 42.6 Å². The normalized spacial score (nSPS) is 14.9. The molecule has 0 spiro atoms. The fourth-order valence-corrected chi connectivity index (χ4v) is 2.74. The van der Waals surface area contributed by atoms with Crippen molar-refractivity contribution in [1.29, 1.82) is 0 Å². The second-order valence-corrected chi connectivity index (χ2v) is 5.22. The van der Waals surface area contributed by atoms with Gasteiger partial charge in [-0.15, -0.1) is 11.6 Å². The van der Waals surface area contributed by atoms with Crippen molar-refractivity contribution in [2.24, 2.45) is 0 Å². The van der Waals surface area contributed by atoms with Gasteiger partial charge in [-0.1, -0.05) is 30.3 Å². The highest BCUT2D eigenvalue weighted by molar-refractivity contribution is 6.17. The van der Waals surface area contributed by atoms with E-state index < -0.39 is 0 Å². The zero-order valence-corrected chi connectivity index (χ0v) is 11.6. The number of fused-ring (bicyclic) bond motifs is 1. The third-order valence-electron chi connectivity index (χ3n) is 3.64. The highest BCUT2D eigenvalue weighted by atomic mass is 35.5. The standard InChI is InChI=1S/C16H17ClN2/c17-10-13-7-8-16(18-11-13)19-9-3-6-14-4-1-2-5-15(14)12-19/h1-2,4-5,7-8,11H,3,6,9-10,12H2. The quantitative estimate of drug-likeness (QED) is 0.774. The number of pyridine rings is 1. The van der Waals surface area contributed by atoms with E-state index >= 15 is 0 Å². The summed E-state index contributed by atoms with van der Waals surface area (Å²) < 4.78 is 0. The minimum absolute atomic E-state index is 0.524. The van der Waals surface area contributed by atoms with Crippen LogP contribution in [0.25, 0.3) is 0 Å². The van der Waals surface area contributed by atoms with Gasteiger partial charge in [0.1, 0.15) is 5.82 Å². The molecule has 0 N–H and O–H groups in total. The van der Waals surface area contributed by atoms with Crippen LogP contribution < -0.4 is 4.90 Å². The Morgan fingerprint density at radius 1 is 1.11 bits per heavy atom. The number of aryl methyl sites for hydroxylation is 1. The lowest BCUT2D eigenvalue weighted by atomic mass is 10.0. The number of anilines is 1. The molecule has 3 rings (SSSR count). The van der Waals surface area contributed by atoms with Gasteiger partial charge < -0.3 is 4.90 Å². The van der Waals surface area contributed by atoms with Crippen molar-refractivity contribution in [1.82, 2.24) is 4.98 Å². The number of benzene rings is 1. The van der Waals surface area contributed by atoms with Crippen LogP contribution in [0.4, 0.5) is 5.82 Å². The Morgan fingerprint density at radius 3 is 2.68 bits per heavy atom. The third-order valence-corrected chi connectivity index (χ3v) is 3.95. The van der Waals surface area contributed by atoms with Crippen LogP contribution in [0.2, 0.25) is 0 Å². The summed E-state index contributed by atoms with van der Waals surface area (Å²) in [7, 11) is 0. The van der Waals surface area contributed by atoms with E-state index in [-0.39, 0.29) is 0 Å². The molecule has 2 nitrogen and oxygen atoms in total. The lowest BCUT2D eigenvalue weighted by molar-refractivity contribution is 0.754. The summed E-state index contributed by atoms with van der Waals surface area (Å²) in [6.07, 6.45) is 4.21. The Hall–Kier alpha value is -1.54. The van der Waals surface area contributed by atoms with E-state index in [2.05, 4.69) is 46.3 Å². The molecule has 0 bridgehead atoms. The molecule has 0 amide bonds. The third kappa shape index (κ3) is 2.74. The molecule has 1 aliphatic rings. The van der Waals surface area contributed by atoms with Gasteiger partial charge in [-0.05, 0) is 35.6 Å². The van der Waals surface area contributed by atoms with Crippen molar-refractivity contribution in [3.05, 3.63) is 59.3 Å². The molecule has 1 aromatic carbocycles. The average Bonchev–Trinajstić information content (AvgIpc) is 2.69. The Balaban J connectivity index is 1.85. The van der Waals surface area contributed by atoms with Crippen molar-refractivity contribution >= 4 is 17.4 Å². The van der Waals surface area contributed by atoms with Crippen LogP contribution in [0, 0.1) is 0 Å². The molecular formula is C16H17ClN2. The van der Waals surface area contributed by atoms with Crippen molar-refractivity contribution in [2.75, 3.05) is 11.4 Å². The first-order valence-corrected chi connectivity index (χ1v) is 7.23. The highest BCUT2D eigenvalue weighted by Gasteiger charge is 2.14. The summed E-state index contributed by atoms with van der Waals surface area (Å²) in [4.78, 5) is 6.88. The first-order chi connectivity index (χ1) is 9.36. The second-order valence-electron chi connectivity index (χ2n) is 4.95. The summed E-state index contributed by atoms with van der Waals surface area (Å²) >= 11 is 5.80. The molecule has 1 aliphatic heterocycles. The summed E-state index contributed by atoms with van der Waals surface area (Å²) in [5.41, 5.74) is 3.96. The van der Waals surface area contributed by atoms with Crippen LogP contribution in [-0.4, -0.2) is 11.5 Å². The van der Waals surface area contributed by atoms with Gasteiger partial charge in [0, 0.05) is 25.2 Å². The summed E-state index contributed by atoms with van der Waals surface area (Å²) in [6, 6.07) is 12.8. The first-order valence-electron chi connectivity index (χ1n) is 6.69. The molecule has 0 aliphatic carbocycles. The topological polar surface area (TPSA) is 16.1 Å². The Bertz CT molecular complexity index is 551. The maximum Gasteiger partial charge on any atom is 0.128 e. The van der Waals surface area contributed by atoms with E-state index in [4.69, 9.17) is 11.6 Å². The molecular weight excluding hydrogens is 256 g/mol. The van der Waals surface area contributed by atoms with Crippen LogP contribution >= 0.6 is 11.6 Å². The lowest BCUT2D eigenvalue weighted by Gasteiger charge is -2.22. The number of rotatable bonds is 2. The predicted molar refractivity (Wildman–Crippen MR) is 79.6 cm³/mol. The van der Waals surface area contributed by atoms with Gasteiger partial charge >= 0.3 is 0 Å². The Labute approximate surface area is 119 Å². The molecule has 1 aromatic heterocycles. The smallest absolute Gasteiger partial charge is 0.128 e. The van der Waals surface area contributed by atoms with Crippen LogP contribution in [0.1, 0.15) is 23.1 Å². The van der Waals surface area contributed by atoms with Crippen molar-refractivity contribution in [3.8, 4) is 0 Å². The van der Waals surface area contributed by atoms with Gasteiger partial charge in [-0.25, -0.2) is 4.98 Å². The fraction of sp³-hybridized carbons (Fsp3) is 0.312. The molecule has 2 heterocycles. The van der Waals surface area contributed by atoms with Gasteiger partial charge in [0.2, 0.25) is 0 Å². The molecule has 0 atom stereocenters. The van der Waals surface area contributed by atoms with Gasteiger partial charge in [0.15, 0.2) is 0 Å². The van der Waals surface area contributed by atoms with Gasteiger partial charge in [-0.2, -0.15) is 0 Å². The largest absolute Gasteiger partial charge is 0.352 e. The summed E-state index contributed by atoms with van der Waals surface area (Å²) in [6.45, 7) is 2.01. The van der Waals surface area contributed by atoms with Crippen molar-refractivity contribution < 1.29 is 0 Å². The van der Waals surface area contributed by atoms with Gasteiger partial charge in [-0.3, -0.25) is 0 Å². The highest BCUT2D eigenvalue weighted by Crippen LogP contribution is 2.22. The first kappa shape index (κ1) is 12.5. The SMILES string of the molecule is ClCc1ccc(N2CCCc3ccccc3C2)nc1. The molecule has 3 heteroatoms. The van der Waals surface area contributed by atoms with Gasteiger partial charge in [0.25, 0.3) is 0 Å². The van der Waals surface area contributed by atoms with E-state index in [1.807, 2.05) is 6.20 Å². The van der Waals surface area contributed by atoms with Crippen molar-refractivity contribution in [3.63, 3.8) is 0 Å². The monoisotopic (exact) mass is 272 g/mol. The number of hydrogen-bond donors (Lipinski definition) is 0. The van der Waals surface area contributed by atoms with Crippen LogP contribution in [0.5, 0.6) is 0 Å². The average molecular weight is 273 g/mol. The van der Waals surface area contributed by atoms with E-state index in [0.717, 1.165) is 30.9 Å². The van der Waals surface area contributed by atoms with E-state index in [1.54, 1.807) is 0 Å². The number of nitrogens with zero attached hydrogens (tertiary/aromatic N) is 2. The molecule has 0 saturated carbocycles. The van der Waals surface area contributed by atoms with Crippen molar-refractivity contribution in [2.45, 2.75) is 25.3 Å². The predicted octanol–water partition coefficient (Wildman–Crippen LogP) is 3.77. The molecule has 98 valence electrons. The van der Waals surface area contributed by atoms with E-state index in [1.165, 1.54) is 17.5 Å². The molecule has 0 saturated heterocycles. The van der Waals surface area contributed by atoms with Crippen LogP contribution in [-0.2, 0) is 18.8 Å². The minimum Gasteiger partial charge on any atom is -0.352 e. The van der Waals surface area contributed by atoms with E-state index in [9.17, 15) is 0 Å². The van der Waals surface area contributed by atoms with E-state index in [0.29, 0.717) is 5.88 Å². The molecule has 0 radical (unpaired) electrons. The second kappa shape index (κ2) is 5.62. The Kier molecular flexibility index (Phi) is 3.69. The zero-order valence-electron chi connectivity index (χ0n) is 10.8. The molecule has 0 fully saturated rings. The molecule has 0 unspecified atom stereocenters. The minimum atomic E-state index is 0.524. The maximum atomic E-state index is 5.80. The maximum absolute atomic E-state index is 5.80.